The molecule has 0 spiro atoms. The molecular weight excluding hydrogens is 296 g/mol. The first-order valence-electron chi connectivity index (χ1n) is 5.96. The number of aromatic amines is 1. The number of hydrogen-bond acceptors (Lipinski definition) is 2. The zero-order valence-corrected chi connectivity index (χ0v) is 13.6. The van der Waals surface area contributed by atoms with Crippen molar-refractivity contribution in [2.75, 3.05) is 0 Å². The highest BCUT2D eigenvalue weighted by Gasteiger charge is 2.15. The van der Waals surface area contributed by atoms with Gasteiger partial charge < -0.3 is 4.98 Å². The van der Waals surface area contributed by atoms with Gasteiger partial charge in [0.1, 0.15) is 10.5 Å². The van der Waals surface area contributed by atoms with Crippen LogP contribution in [0.15, 0.2) is 4.47 Å². The summed E-state index contributed by atoms with van der Waals surface area (Å²) < 4.78 is 1.61. The molecule has 0 atom stereocenters. The van der Waals surface area contributed by atoms with Gasteiger partial charge in [0.2, 0.25) is 0 Å². The maximum atomic E-state index is 5.29. The minimum Gasteiger partial charge on any atom is -0.346 e. The molecule has 0 aliphatic carbocycles. The lowest BCUT2D eigenvalue weighted by Crippen LogP contribution is -2.14. The largest absolute Gasteiger partial charge is 0.346 e. The van der Waals surface area contributed by atoms with Crippen molar-refractivity contribution in [2.24, 2.45) is 11.3 Å². The van der Waals surface area contributed by atoms with Crippen LogP contribution in [0.2, 0.25) is 0 Å². The van der Waals surface area contributed by atoms with E-state index in [2.05, 4.69) is 60.5 Å². The number of hydrogen-bond donors (Lipinski definition) is 1. The number of aromatic nitrogens is 2. The molecule has 1 heterocycles. The van der Waals surface area contributed by atoms with Crippen molar-refractivity contribution in [2.45, 2.75) is 47.5 Å². The summed E-state index contributed by atoms with van der Waals surface area (Å²) in [5.41, 5.74) is 1.38. The van der Waals surface area contributed by atoms with Gasteiger partial charge in [-0.1, -0.05) is 46.8 Å². The molecule has 0 bridgehead atoms. The average Bonchev–Trinajstić information content (AvgIpc) is 2.09. The zero-order chi connectivity index (χ0) is 13.2. The fourth-order valence-corrected chi connectivity index (χ4v) is 2.28. The highest BCUT2D eigenvalue weighted by Crippen LogP contribution is 2.23. The molecule has 1 aromatic heterocycles. The van der Waals surface area contributed by atoms with Crippen LogP contribution in [-0.4, -0.2) is 9.97 Å². The molecule has 4 heteroatoms. The van der Waals surface area contributed by atoms with Crippen LogP contribution in [-0.2, 0) is 12.8 Å². The molecule has 1 aromatic rings. The summed E-state index contributed by atoms with van der Waals surface area (Å²) in [6, 6.07) is 0. The number of nitrogens with one attached hydrogen (secondary N) is 1. The summed E-state index contributed by atoms with van der Waals surface area (Å²) in [4.78, 5) is 7.86. The van der Waals surface area contributed by atoms with Crippen LogP contribution < -0.4 is 0 Å². The van der Waals surface area contributed by atoms with Crippen LogP contribution >= 0.6 is 28.1 Å². The van der Waals surface area contributed by atoms with E-state index < -0.39 is 0 Å². The molecule has 0 unspecified atom stereocenters. The number of rotatable bonds is 3. The quantitative estimate of drug-likeness (QED) is 0.819. The Morgan fingerprint density at radius 3 is 2.41 bits per heavy atom. The first kappa shape index (κ1) is 14.8. The molecule has 17 heavy (non-hydrogen) atoms. The SMILES string of the molecule is CC(C)Cc1[nH]c(CC(C)(C)C)nc(=S)c1Br. The molecule has 0 radical (unpaired) electrons. The Morgan fingerprint density at radius 1 is 1.35 bits per heavy atom. The van der Waals surface area contributed by atoms with Gasteiger partial charge in [-0.2, -0.15) is 0 Å². The molecule has 1 N–H and O–H groups in total. The van der Waals surface area contributed by atoms with Crippen molar-refractivity contribution in [1.82, 2.24) is 9.97 Å². The molecule has 0 saturated heterocycles. The fraction of sp³-hybridized carbons (Fsp3) is 0.692. The topological polar surface area (TPSA) is 28.7 Å². The maximum absolute atomic E-state index is 5.29. The van der Waals surface area contributed by atoms with Gasteiger partial charge in [0.15, 0.2) is 0 Å². The van der Waals surface area contributed by atoms with Gasteiger partial charge in [-0.15, -0.1) is 0 Å². The molecule has 0 fully saturated rings. The highest BCUT2D eigenvalue weighted by molar-refractivity contribution is 9.10. The molecule has 0 saturated carbocycles. The first-order chi connectivity index (χ1) is 7.69. The Morgan fingerprint density at radius 2 is 1.94 bits per heavy atom. The van der Waals surface area contributed by atoms with E-state index in [1.165, 1.54) is 5.69 Å². The van der Waals surface area contributed by atoms with Crippen LogP contribution in [0.25, 0.3) is 0 Å². The second-order valence-electron chi connectivity index (χ2n) is 6.12. The number of nitrogens with zero attached hydrogens (tertiary/aromatic N) is 1. The summed E-state index contributed by atoms with van der Waals surface area (Å²) >= 11 is 8.82. The van der Waals surface area contributed by atoms with Crippen LogP contribution in [0.1, 0.15) is 46.1 Å². The van der Waals surface area contributed by atoms with E-state index in [9.17, 15) is 0 Å². The molecule has 0 aliphatic heterocycles. The predicted octanol–water partition coefficient (Wildman–Crippen LogP) is 4.69. The van der Waals surface area contributed by atoms with E-state index in [-0.39, 0.29) is 5.41 Å². The smallest absolute Gasteiger partial charge is 0.144 e. The van der Waals surface area contributed by atoms with E-state index in [0.717, 1.165) is 23.1 Å². The Labute approximate surface area is 117 Å². The summed E-state index contributed by atoms with van der Waals surface area (Å²) in [5.74, 6) is 1.59. The van der Waals surface area contributed by atoms with Gasteiger partial charge >= 0.3 is 0 Å². The Bertz CT molecular complexity index is 444. The van der Waals surface area contributed by atoms with Gasteiger partial charge in [-0.25, -0.2) is 4.98 Å². The molecule has 2 nitrogen and oxygen atoms in total. The van der Waals surface area contributed by atoms with Crippen molar-refractivity contribution in [3.05, 3.63) is 20.6 Å². The Hall–Kier alpha value is -0.220. The van der Waals surface area contributed by atoms with Gasteiger partial charge in [0, 0.05) is 12.1 Å². The Balaban J connectivity index is 3.10. The third-order valence-corrected chi connectivity index (χ3v) is 3.71. The van der Waals surface area contributed by atoms with Crippen molar-refractivity contribution >= 4 is 28.1 Å². The standard InChI is InChI=1S/C13H21BrN2S/c1-8(2)6-9-11(14)12(17)16-10(15-9)7-13(3,4)5/h8H,6-7H2,1-5H3,(H,15,16,17). The van der Waals surface area contributed by atoms with Crippen molar-refractivity contribution < 1.29 is 0 Å². The summed E-state index contributed by atoms with van der Waals surface area (Å²) in [5, 5.41) is 0. The van der Waals surface area contributed by atoms with Gasteiger partial charge in [0.05, 0.1) is 4.47 Å². The van der Waals surface area contributed by atoms with Crippen LogP contribution in [0.4, 0.5) is 0 Å². The highest BCUT2D eigenvalue weighted by atomic mass is 79.9. The van der Waals surface area contributed by atoms with E-state index in [1.54, 1.807) is 0 Å². The third kappa shape index (κ3) is 4.88. The Kier molecular flexibility index (Phi) is 4.90. The average molecular weight is 317 g/mol. The fourth-order valence-electron chi connectivity index (χ4n) is 1.69. The number of halogens is 1. The van der Waals surface area contributed by atoms with Gasteiger partial charge in [-0.05, 0) is 33.7 Å². The first-order valence-corrected chi connectivity index (χ1v) is 7.17. The molecular formula is C13H21BrN2S. The molecule has 1 rings (SSSR count). The minimum absolute atomic E-state index is 0.216. The van der Waals surface area contributed by atoms with E-state index in [4.69, 9.17) is 12.2 Å². The van der Waals surface area contributed by atoms with Crippen LogP contribution in [0.3, 0.4) is 0 Å². The minimum atomic E-state index is 0.216. The van der Waals surface area contributed by atoms with E-state index >= 15 is 0 Å². The summed E-state index contributed by atoms with van der Waals surface area (Å²) in [6.07, 6.45) is 1.90. The molecule has 0 amide bonds. The lowest BCUT2D eigenvalue weighted by Gasteiger charge is -2.18. The predicted molar refractivity (Wildman–Crippen MR) is 78.8 cm³/mol. The third-order valence-electron chi connectivity index (χ3n) is 2.29. The molecule has 0 aliphatic rings. The van der Waals surface area contributed by atoms with Crippen LogP contribution in [0, 0.1) is 16.0 Å². The monoisotopic (exact) mass is 316 g/mol. The summed E-state index contributed by atoms with van der Waals surface area (Å²) in [7, 11) is 0. The van der Waals surface area contributed by atoms with E-state index in [1.807, 2.05) is 0 Å². The second kappa shape index (κ2) is 5.61. The maximum Gasteiger partial charge on any atom is 0.144 e. The van der Waals surface area contributed by atoms with Gasteiger partial charge in [0.25, 0.3) is 0 Å². The van der Waals surface area contributed by atoms with Gasteiger partial charge in [-0.3, -0.25) is 0 Å². The summed E-state index contributed by atoms with van der Waals surface area (Å²) in [6.45, 7) is 11.0. The van der Waals surface area contributed by atoms with E-state index in [0.29, 0.717) is 10.6 Å². The lowest BCUT2D eigenvalue weighted by molar-refractivity contribution is 0.399. The van der Waals surface area contributed by atoms with Crippen molar-refractivity contribution in [1.29, 1.82) is 0 Å². The van der Waals surface area contributed by atoms with Crippen molar-refractivity contribution in [3.63, 3.8) is 0 Å². The lowest BCUT2D eigenvalue weighted by atomic mass is 9.92. The van der Waals surface area contributed by atoms with Crippen LogP contribution in [0.5, 0.6) is 0 Å². The van der Waals surface area contributed by atoms with Crippen molar-refractivity contribution in [3.8, 4) is 0 Å². The normalized spacial score (nSPS) is 12.2. The second-order valence-corrected chi connectivity index (χ2v) is 7.30. The number of H-pyrrole nitrogens is 1. The molecule has 96 valence electrons. The molecule has 0 aromatic carbocycles. The zero-order valence-electron chi connectivity index (χ0n) is 11.2.